The first-order chi connectivity index (χ1) is 6.23. The van der Waals surface area contributed by atoms with Crippen LogP contribution in [0.4, 0.5) is 0 Å². The van der Waals surface area contributed by atoms with Gasteiger partial charge in [-0.25, -0.2) is 0 Å². The van der Waals surface area contributed by atoms with Crippen molar-refractivity contribution in [2.24, 2.45) is 0 Å². The fraction of sp³-hybridized carbons (Fsp3) is 0.818. The van der Waals surface area contributed by atoms with Crippen LogP contribution in [-0.4, -0.2) is 23.1 Å². The molecule has 0 bridgehead atoms. The molecule has 0 spiro atoms. The van der Waals surface area contributed by atoms with Crippen molar-refractivity contribution in [3.8, 4) is 0 Å². The van der Waals surface area contributed by atoms with E-state index in [0.29, 0.717) is 10.8 Å². The topological polar surface area (TPSA) is 12.0 Å². The maximum Gasteiger partial charge on any atom is 0.0288 e. The second kappa shape index (κ2) is 5.06. The summed E-state index contributed by atoms with van der Waals surface area (Å²) in [6.45, 7) is 9.47. The number of nitrogens with one attached hydrogen (secondary N) is 1. The molecule has 1 aliphatic rings. The van der Waals surface area contributed by atoms with Crippen LogP contribution >= 0.6 is 11.8 Å². The molecule has 2 unspecified atom stereocenters. The third kappa shape index (κ3) is 2.75. The average molecular weight is 199 g/mol. The first-order valence-corrected chi connectivity index (χ1v) is 6.19. The highest BCUT2D eigenvalue weighted by Gasteiger charge is 2.36. The summed E-state index contributed by atoms with van der Waals surface area (Å²) in [5.41, 5.74) is 0. The minimum absolute atomic E-state index is 0.449. The molecule has 0 aliphatic carbocycles. The van der Waals surface area contributed by atoms with Gasteiger partial charge < -0.3 is 5.32 Å². The van der Waals surface area contributed by atoms with Gasteiger partial charge in [-0.1, -0.05) is 13.0 Å². The van der Waals surface area contributed by atoms with Gasteiger partial charge in [0.15, 0.2) is 0 Å². The smallest absolute Gasteiger partial charge is 0.0288 e. The highest BCUT2D eigenvalue weighted by atomic mass is 32.2. The molecule has 0 saturated carbocycles. The number of hydrogen-bond donors (Lipinski definition) is 1. The van der Waals surface area contributed by atoms with Gasteiger partial charge in [-0.05, 0) is 38.5 Å². The van der Waals surface area contributed by atoms with E-state index in [1.54, 1.807) is 0 Å². The Balaban J connectivity index is 2.55. The molecule has 13 heavy (non-hydrogen) atoms. The van der Waals surface area contributed by atoms with Crippen LogP contribution in [0.25, 0.3) is 0 Å². The second-order valence-electron chi connectivity index (χ2n) is 3.90. The quantitative estimate of drug-likeness (QED) is 0.683. The molecule has 1 aliphatic heterocycles. The van der Waals surface area contributed by atoms with Gasteiger partial charge in [0.25, 0.3) is 0 Å². The molecule has 2 heteroatoms. The first-order valence-electron chi connectivity index (χ1n) is 5.21. The van der Waals surface area contributed by atoms with Crippen LogP contribution in [0.1, 0.15) is 33.1 Å². The molecule has 0 aromatic rings. The van der Waals surface area contributed by atoms with Gasteiger partial charge in [-0.15, -0.1) is 6.58 Å². The number of thioether (sulfide) groups is 1. The summed E-state index contributed by atoms with van der Waals surface area (Å²) in [6.07, 6.45) is 5.86. The molecule has 0 aromatic carbocycles. The Morgan fingerprint density at radius 2 is 2.46 bits per heavy atom. The van der Waals surface area contributed by atoms with Crippen LogP contribution in [0.3, 0.4) is 0 Å². The largest absolute Gasteiger partial charge is 0.313 e. The minimum Gasteiger partial charge on any atom is -0.313 e. The van der Waals surface area contributed by atoms with Crippen LogP contribution in [0, 0.1) is 0 Å². The molecular weight excluding hydrogens is 178 g/mol. The SMILES string of the molecule is C=CCC(NCC)C1(C)CCCS1. The summed E-state index contributed by atoms with van der Waals surface area (Å²) in [5, 5.41) is 3.57. The van der Waals surface area contributed by atoms with Gasteiger partial charge in [-0.2, -0.15) is 11.8 Å². The zero-order valence-electron chi connectivity index (χ0n) is 8.81. The predicted octanol–water partition coefficient (Wildman–Crippen LogP) is 2.83. The van der Waals surface area contributed by atoms with E-state index in [-0.39, 0.29) is 0 Å². The normalized spacial score (nSPS) is 30.3. The predicted molar refractivity (Wildman–Crippen MR) is 62.4 cm³/mol. The fourth-order valence-corrected chi connectivity index (χ4v) is 3.46. The molecule has 1 fully saturated rings. The van der Waals surface area contributed by atoms with E-state index >= 15 is 0 Å². The molecular formula is C11H21NS. The third-order valence-electron chi connectivity index (χ3n) is 2.84. The summed E-state index contributed by atoms with van der Waals surface area (Å²) in [7, 11) is 0. The zero-order valence-corrected chi connectivity index (χ0v) is 9.62. The van der Waals surface area contributed by atoms with Gasteiger partial charge in [0.05, 0.1) is 0 Å². The Morgan fingerprint density at radius 1 is 1.69 bits per heavy atom. The number of rotatable bonds is 5. The lowest BCUT2D eigenvalue weighted by Crippen LogP contribution is -2.44. The van der Waals surface area contributed by atoms with E-state index in [9.17, 15) is 0 Å². The molecule has 1 rings (SSSR count). The average Bonchev–Trinajstić information content (AvgIpc) is 2.53. The Labute approximate surface area is 86.4 Å². The maximum absolute atomic E-state index is 3.84. The Hall–Kier alpha value is 0.0500. The van der Waals surface area contributed by atoms with Crippen molar-refractivity contribution < 1.29 is 0 Å². The Kier molecular flexibility index (Phi) is 4.33. The Bertz CT molecular complexity index is 161. The van der Waals surface area contributed by atoms with Crippen LogP contribution in [0.5, 0.6) is 0 Å². The standard InChI is InChI=1S/C11H21NS/c1-4-7-10(12-5-2)11(3)8-6-9-13-11/h4,10,12H,1,5-9H2,2-3H3. The van der Waals surface area contributed by atoms with Crippen molar-refractivity contribution in [3.63, 3.8) is 0 Å². The minimum atomic E-state index is 0.449. The molecule has 1 nitrogen and oxygen atoms in total. The van der Waals surface area contributed by atoms with E-state index in [4.69, 9.17) is 0 Å². The molecule has 1 N–H and O–H groups in total. The van der Waals surface area contributed by atoms with E-state index in [0.717, 1.165) is 13.0 Å². The van der Waals surface area contributed by atoms with Crippen molar-refractivity contribution in [2.45, 2.75) is 43.9 Å². The van der Waals surface area contributed by atoms with Crippen molar-refractivity contribution in [1.82, 2.24) is 5.32 Å². The lowest BCUT2D eigenvalue weighted by atomic mass is 9.93. The van der Waals surface area contributed by atoms with E-state index < -0.39 is 0 Å². The molecule has 1 heterocycles. The lowest BCUT2D eigenvalue weighted by molar-refractivity contribution is 0.411. The summed E-state index contributed by atoms with van der Waals surface area (Å²) in [5.74, 6) is 1.33. The van der Waals surface area contributed by atoms with Crippen molar-refractivity contribution in [2.75, 3.05) is 12.3 Å². The monoisotopic (exact) mass is 199 g/mol. The molecule has 0 radical (unpaired) electrons. The summed E-state index contributed by atoms with van der Waals surface area (Å²) in [6, 6.07) is 0.613. The van der Waals surface area contributed by atoms with E-state index in [2.05, 4.69) is 37.5 Å². The fourth-order valence-electron chi connectivity index (χ4n) is 2.04. The van der Waals surface area contributed by atoms with E-state index in [1.807, 2.05) is 6.08 Å². The number of hydrogen-bond acceptors (Lipinski definition) is 2. The lowest BCUT2D eigenvalue weighted by Gasteiger charge is -2.33. The van der Waals surface area contributed by atoms with Gasteiger partial charge in [0, 0.05) is 10.8 Å². The van der Waals surface area contributed by atoms with Crippen molar-refractivity contribution in [3.05, 3.63) is 12.7 Å². The Morgan fingerprint density at radius 3 is 2.92 bits per heavy atom. The van der Waals surface area contributed by atoms with Crippen molar-refractivity contribution in [1.29, 1.82) is 0 Å². The molecule has 0 aromatic heterocycles. The third-order valence-corrected chi connectivity index (χ3v) is 4.48. The highest BCUT2D eigenvalue weighted by molar-refractivity contribution is 8.00. The van der Waals surface area contributed by atoms with Crippen LogP contribution < -0.4 is 5.32 Å². The van der Waals surface area contributed by atoms with Gasteiger partial charge >= 0.3 is 0 Å². The summed E-state index contributed by atoms with van der Waals surface area (Å²) in [4.78, 5) is 0. The molecule has 1 saturated heterocycles. The maximum atomic E-state index is 3.84. The zero-order chi connectivity index (χ0) is 9.73. The van der Waals surface area contributed by atoms with Crippen molar-refractivity contribution >= 4 is 11.8 Å². The molecule has 76 valence electrons. The first kappa shape index (κ1) is 11.1. The van der Waals surface area contributed by atoms with Gasteiger partial charge in [0.2, 0.25) is 0 Å². The van der Waals surface area contributed by atoms with E-state index in [1.165, 1.54) is 18.6 Å². The second-order valence-corrected chi connectivity index (χ2v) is 5.53. The molecule has 0 amide bonds. The van der Waals surface area contributed by atoms with Crippen LogP contribution in [0.2, 0.25) is 0 Å². The summed E-state index contributed by atoms with van der Waals surface area (Å²) < 4.78 is 0.449. The van der Waals surface area contributed by atoms with Crippen LogP contribution in [0.15, 0.2) is 12.7 Å². The molecule has 2 atom stereocenters. The van der Waals surface area contributed by atoms with Gasteiger partial charge in [-0.3, -0.25) is 0 Å². The highest BCUT2D eigenvalue weighted by Crippen LogP contribution is 2.41. The summed E-state index contributed by atoms with van der Waals surface area (Å²) >= 11 is 2.12. The van der Waals surface area contributed by atoms with Crippen LogP contribution in [-0.2, 0) is 0 Å². The van der Waals surface area contributed by atoms with Gasteiger partial charge in [0.1, 0.15) is 0 Å².